The smallest absolute Gasteiger partial charge is 0.233 e. The lowest BCUT2D eigenvalue weighted by Gasteiger charge is -2.18. The van der Waals surface area contributed by atoms with Crippen LogP contribution in [-0.2, 0) is 18.4 Å². The second-order valence-corrected chi connectivity index (χ2v) is 4.93. The Bertz CT molecular complexity index is 642. The Hall–Kier alpha value is -1.55. The van der Waals surface area contributed by atoms with Crippen LogP contribution in [0.25, 0.3) is 11.0 Å². The number of rotatable bonds is 4. The van der Waals surface area contributed by atoms with E-state index in [2.05, 4.69) is 10.9 Å². The number of terminal acetylenes is 1. The monoisotopic (exact) mass is 367 g/mol. The SMILES string of the molecule is C#CCN(Cc1nc2ccccc2n1C)C(=O)CI. The molecule has 0 fully saturated rings. The molecule has 0 atom stereocenters. The van der Waals surface area contributed by atoms with E-state index in [1.54, 1.807) is 4.90 Å². The van der Waals surface area contributed by atoms with Gasteiger partial charge in [-0.05, 0) is 12.1 Å². The summed E-state index contributed by atoms with van der Waals surface area (Å²) in [6.07, 6.45) is 5.32. The van der Waals surface area contributed by atoms with Crippen molar-refractivity contribution in [2.45, 2.75) is 6.54 Å². The van der Waals surface area contributed by atoms with Crippen LogP contribution in [-0.4, -0.2) is 31.3 Å². The fraction of sp³-hybridized carbons (Fsp3) is 0.286. The number of fused-ring (bicyclic) bond motifs is 1. The third-order valence-corrected chi connectivity index (χ3v) is 3.61. The molecule has 0 aliphatic heterocycles. The van der Waals surface area contributed by atoms with Crippen LogP contribution in [0.4, 0.5) is 0 Å². The molecule has 2 aromatic rings. The summed E-state index contributed by atoms with van der Waals surface area (Å²) in [5.41, 5.74) is 1.99. The van der Waals surface area contributed by atoms with E-state index in [0.717, 1.165) is 16.9 Å². The molecule has 0 bridgehead atoms. The number of hydrogen-bond acceptors (Lipinski definition) is 2. The van der Waals surface area contributed by atoms with Crippen LogP contribution < -0.4 is 0 Å². The predicted octanol–water partition coefficient (Wildman–Crippen LogP) is 1.97. The van der Waals surface area contributed by atoms with E-state index in [-0.39, 0.29) is 5.91 Å². The maximum atomic E-state index is 11.8. The van der Waals surface area contributed by atoms with Gasteiger partial charge in [0.25, 0.3) is 0 Å². The summed E-state index contributed by atoms with van der Waals surface area (Å²) >= 11 is 2.05. The van der Waals surface area contributed by atoms with Crippen LogP contribution in [0.3, 0.4) is 0 Å². The van der Waals surface area contributed by atoms with Crippen LogP contribution in [0.5, 0.6) is 0 Å². The number of amides is 1. The first-order valence-corrected chi connectivity index (χ1v) is 7.37. The minimum Gasteiger partial charge on any atom is -0.330 e. The van der Waals surface area contributed by atoms with Gasteiger partial charge in [-0.15, -0.1) is 6.42 Å². The number of carbonyl (C=O) groups is 1. The highest BCUT2D eigenvalue weighted by molar-refractivity contribution is 14.1. The van der Waals surface area contributed by atoms with Crippen molar-refractivity contribution >= 4 is 39.5 Å². The molecule has 0 saturated heterocycles. The van der Waals surface area contributed by atoms with Crippen molar-refractivity contribution in [3.63, 3.8) is 0 Å². The van der Waals surface area contributed by atoms with Gasteiger partial charge in [0.2, 0.25) is 5.91 Å². The van der Waals surface area contributed by atoms with Gasteiger partial charge < -0.3 is 9.47 Å². The van der Waals surface area contributed by atoms with Crippen molar-refractivity contribution in [3.8, 4) is 12.3 Å². The van der Waals surface area contributed by atoms with Crippen LogP contribution in [0.15, 0.2) is 24.3 Å². The van der Waals surface area contributed by atoms with E-state index in [1.165, 1.54) is 0 Å². The fourth-order valence-electron chi connectivity index (χ4n) is 1.93. The Morgan fingerprint density at radius 1 is 1.53 bits per heavy atom. The molecule has 0 unspecified atom stereocenters. The van der Waals surface area contributed by atoms with E-state index >= 15 is 0 Å². The Kier molecular flexibility index (Phi) is 4.43. The number of halogens is 1. The third-order valence-electron chi connectivity index (χ3n) is 2.96. The summed E-state index contributed by atoms with van der Waals surface area (Å²) in [7, 11) is 1.95. The number of aromatic nitrogens is 2. The van der Waals surface area contributed by atoms with Gasteiger partial charge in [0.1, 0.15) is 5.82 Å². The topological polar surface area (TPSA) is 38.1 Å². The molecule has 1 aromatic carbocycles. The van der Waals surface area contributed by atoms with Crippen LogP contribution in [0.1, 0.15) is 5.82 Å². The van der Waals surface area contributed by atoms with Crippen molar-refractivity contribution in [3.05, 3.63) is 30.1 Å². The third kappa shape index (κ3) is 2.89. The Morgan fingerprint density at radius 2 is 2.26 bits per heavy atom. The molecule has 0 aliphatic carbocycles. The van der Waals surface area contributed by atoms with Gasteiger partial charge in [0, 0.05) is 7.05 Å². The molecular formula is C14H14IN3O. The van der Waals surface area contributed by atoms with Crippen LogP contribution in [0, 0.1) is 12.3 Å². The van der Waals surface area contributed by atoms with E-state index in [1.807, 2.05) is 58.5 Å². The molecule has 4 nitrogen and oxygen atoms in total. The number of imidazole rings is 1. The van der Waals surface area contributed by atoms with Crippen molar-refractivity contribution in [1.29, 1.82) is 0 Å². The summed E-state index contributed by atoms with van der Waals surface area (Å²) < 4.78 is 2.42. The van der Waals surface area contributed by atoms with Gasteiger partial charge in [-0.2, -0.15) is 0 Å². The maximum absolute atomic E-state index is 11.8. The Balaban J connectivity index is 2.31. The molecule has 0 radical (unpaired) electrons. The summed E-state index contributed by atoms with van der Waals surface area (Å²) in [5, 5.41) is 0. The van der Waals surface area contributed by atoms with Gasteiger partial charge >= 0.3 is 0 Å². The molecule has 1 heterocycles. The fourth-order valence-corrected chi connectivity index (χ4v) is 2.42. The number of hydrogen-bond donors (Lipinski definition) is 0. The molecule has 0 aliphatic rings. The standard InChI is InChI=1S/C14H14IN3O/c1-3-8-18(14(19)9-15)10-13-16-11-6-4-5-7-12(11)17(13)2/h1,4-7H,8-10H2,2H3. The van der Waals surface area contributed by atoms with Gasteiger partial charge in [0.05, 0.1) is 28.6 Å². The molecular weight excluding hydrogens is 353 g/mol. The van der Waals surface area contributed by atoms with Gasteiger partial charge in [-0.1, -0.05) is 40.6 Å². The van der Waals surface area contributed by atoms with Gasteiger partial charge in [-0.25, -0.2) is 4.98 Å². The van der Waals surface area contributed by atoms with Crippen LogP contribution in [0.2, 0.25) is 0 Å². The van der Waals surface area contributed by atoms with Crippen molar-refractivity contribution < 1.29 is 4.79 Å². The molecule has 19 heavy (non-hydrogen) atoms. The Morgan fingerprint density at radius 3 is 2.89 bits per heavy atom. The summed E-state index contributed by atoms with van der Waals surface area (Å²) in [4.78, 5) is 18.0. The van der Waals surface area contributed by atoms with E-state index in [4.69, 9.17) is 6.42 Å². The lowest BCUT2D eigenvalue weighted by Crippen LogP contribution is -2.32. The molecule has 0 spiro atoms. The molecule has 0 saturated carbocycles. The number of carbonyl (C=O) groups excluding carboxylic acids is 1. The predicted molar refractivity (Wildman–Crippen MR) is 83.9 cm³/mol. The molecule has 1 amide bonds. The van der Waals surface area contributed by atoms with Crippen LogP contribution >= 0.6 is 22.6 Å². The van der Waals surface area contributed by atoms with Crippen molar-refractivity contribution in [2.75, 3.05) is 11.0 Å². The zero-order chi connectivity index (χ0) is 13.8. The van der Waals surface area contributed by atoms with E-state index in [9.17, 15) is 4.79 Å². The Labute approximate surface area is 125 Å². The van der Waals surface area contributed by atoms with E-state index in [0.29, 0.717) is 17.5 Å². The first kappa shape index (κ1) is 13.9. The summed E-state index contributed by atoms with van der Waals surface area (Å²) in [6.45, 7) is 0.752. The minimum absolute atomic E-state index is 0.0330. The average Bonchev–Trinajstić information content (AvgIpc) is 2.75. The largest absolute Gasteiger partial charge is 0.330 e. The van der Waals surface area contributed by atoms with Gasteiger partial charge in [-0.3, -0.25) is 4.79 Å². The minimum atomic E-state index is 0.0330. The van der Waals surface area contributed by atoms with E-state index < -0.39 is 0 Å². The van der Waals surface area contributed by atoms with Crippen molar-refractivity contribution in [2.24, 2.45) is 7.05 Å². The van der Waals surface area contributed by atoms with Gasteiger partial charge in [0.15, 0.2) is 0 Å². The first-order chi connectivity index (χ1) is 9.17. The molecule has 5 heteroatoms. The number of nitrogens with zero attached hydrogens (tertiary/aromatic N) is 3. The zero-order valence-electron chi connectivity index (χ0n) is 10.6. The average molecular weight is 367 g/mol. The number of alkyl halides is 1. The second-order valence-electron chi connectivity index (χ2n) is 4.16. The first-order valence-electron chi connectivity index (χ1n) is 5.85. The van der Waals surface area contributed by atoms with Crippen molar-refractivity contribution in [1.82, 2.24) is 14.5 Å². The lowest BCUT2D eigenvalue weighted by molar-refractivity contribution is -0.128. The lowest BCUT2D eigenvalue weighted by atomic mass is 10.3. The molecule has 2 rings (SSSR count). The number of para-hydroxylation sites is 2. The normalized spacial score (nSPS) is 10.4. The highest BCUT2D eigenvalue weighted by Gasteiger charge is 2.15. The highest BCUT2D eigenvalue weighted by atomic mass is 127. The highest BCUT2D eigenvalue weighted by Crippen LogP contribution is 2.15. The number of aryl methyl sites for hydroxylation is 1. The summed E-state index contributed by atoms with van der Waals surface area (Å²) in [5.74, 6) is 3.40. The summed E-state index contributed by atoms with van der Waals surface area (Å²) in [6, 6.07) is 7.90. The zero-order valence-corrected chi connectivity index (χ0v) is 12.8. The maximum Gasteiger partial charge on any atom is 0.233 e. The molecule has 0 N–H and O–H groups in total. The second kappa shape index (κ2) is 6.06. The molecule has 98 valence electrons. The number of benzene rings is 1. The quantitative estimate of drug-likeness (QED) is 0.471. The molecule has 1 aromatic heterocycles.